The number of amides is 2. The molecule has 0 saturated carbocycles. The first-order chi connectivity index (χ1) is 18.6. The van der Waals surface area contributed by atoms with Crippen LogP contribution >= 0.6 is 15.9 Å². The molecule has 1 aromatic carbocycles. The molecule has 0 bridgehead atoms. The van der Waals surface area contributed by atoms with Crippen LogP contribution in [0.2, 0.25) is 0 Å². The summed E-state index contributed by atoms with van der Waals surface area (Å²) in [5, 5.41) is 18.2. The minimum Gasteiger partial charge on any atom is -0.387 e. The van der Waals surface area contributed by atoms with Crippen LogP contribution in [0.15, 0.2) is 35.1 Å². The zero-order chi connectivity index (χ0) is 28.3. The van der Waals surface area contributed by atoms with Crippen molar-refractivity contribution in [1.29, 1.82) is 0 Å². The van der Waals surface area contributed by atoms with Gasteiger partial charge in [-0.3, -0.25) is 34.4 Å². The number of nitrogens with zero attached hydrogens (tertiary/aromatic N) is 5. The van der Waals surface area contributed by atoms with Crippen LogP contribution in [-0.4, -0.2) is 82.6 Å². The number of aromatic nitrogens is 1. The molecule has 0 aliphatic carbocycles. The van der Waals surface area contributed by atoms with Crippen molar-refractivity contribution in [3.63, 3.8) is 0 Å². The standard InChI is InChI=1S/C26H30BrN7O5/c1-15-12-32(13-16(2)39-15)26(36)21-8-18(27)9-22(34(37)38)24(21)31-19-5-6-23(29-4)33(14-19)25(35)17-7-20(28-3)11-30-10-17/h7-11,15-16,19,23,28,31H,5-6,12-14H2,1-3H3/t15-,16+,19-,23-/m1/s1. The van der Waals surface area contributed by atoms with Gasteiger partial charge in [-0.1, -0.05) is 15.9 Å². The van der Waals surface area contributed by atoms with E-state index >= 15 is 0 Å². The summed E-state index contributed by atoms with van der Waals surface area (Å²) in [6, 6.07) is 4.16. The van der Waals surface area contributed by atoms with Gasteiger partial charge in [0.05, 0.1) is 33.9 Å². The molecule has 2 saturated heterocycles. The molecule has 1 aromatic heterocycles. The number of likely N-dealkylation sites (tertiary alicyclic amines) is 1. The van der Waals surface area contributed by atoms with Crippen LogP contribution in [0.1, 0.15) is 47.4 Å². The van der Waals surface area contributed by atoms with Gasteiger partial charge in [-0.15, -0.1) is 0 Å². The highest BCUT2D eigenvalue weighted by Gasteiger charge is 2.38. The van der Waals surface area contributed by atoms with E-state index in [4.69, 9.17) is 11.3 Å². The number of nitrogens with one attached hydrogen (secondary N) is 2. The van der Waals surface area contributed by atoms with Gasteiger partial charge in [0.1, 0.15) is 5.69 Å². The Hall–Kier alpha value is -3.76. The zero-order valence-electron chi connectivity index (χ0n) is 21.9. The molecule has 2 N–H and O–H groups in total. The summed E-state index contributed by atoms with van der Waals surface area (Å²) in [7, 11) is 1.72. The van der Waals surface area contributed by atoms with E-state index in [0.717, 1.165) is 0 Å². The lowest BCUT2D eigenvalue weighted by molar-refractivity contribution is -0.384. The zero-order valence-corrected chi connectivity index (χ0v) is 23.5. The molecule has 3 heterocycles. The summed E-state index contributed by atoms with van der Waals surface area (Å²) in [5.74, 6) is -0.702. The number of carbonyl (C=O) groups excluding carboxylic acids is 2. The third kappa shape index (κ3) is 6.29. The number of nitro groups is 1. The fraction of sp³-hybridized carbons (Fsp3) is 0.462. The number of rotatable bonds is 6. The van der Waals surface area contributed by atoms with Crippen molar-refractivity contribution in [2.45, 2.75) is 51.1 Å². The average Bonchev–Trinajstić information content (AvgIpc) is 2.92. The van der Waals surface area contributed by atoms with Crippen molar-refractivity contribution in [2.75, 3.05) is 37.3 Å². The van der Waals surface area contributed by atoms with Gasteiger partial charge in [-0.25, -0.2) is 6.57 Å². The van der Waals surface area contributed by atoms with Crippen molar-refractivity contribution < 1.29 is 19.2 Å². The van der Waals surface area contributed by atoms with Crippen LogP contribution in [-0.2, 0) is 4.74 Å². The van der Waals surface area contributed by atoms with Crippen molar-refractivity contribution >= 4 is 44.8 Å². The number of hydrogen-bond acceptors (Lipinski definition) is 8. The summed E-state index contributed by atoms with van der Waals surface area (Å²) >= 11 is 3.32. The number of hydrogen-bond donors (Lipinski definition) is 2. The van der Waals surface area contributed by atoms with Crippen LogP contribution in [0.25, 0.3) is 4.85 Å². The Morgan fingerprint density at radius 3 is 2.51 bits per heavy atom. The number of halogens is 1. The van der Waals surface area contributed by atoms with E-state index in [1.807, 2.05) is 13.8 Å². The number of piperidine rings is 1. The van der Waals surface area contributed by atoms with Crippen molar-refractivity contribution in [2.24, 2.45) is 0 Å². The first-order valence-corrected chi connectivity index (χ1v) is 13.4. The first-order valence-electron chi connectivity index (χ1n) is 12.6. The number of carbonyl (C=O) groups is 2. The van der Waals surface area contributed by atoms with Crippen LogP contribution in [0, 0.1) is 16.7 Å². The molecular formula is C26H30BrN7O5. The van der Waals surface area contributed by atoms with E-state index in [9.17, 15) is 19.7 Å². The lowest BCUT2D eigenvalue weighted by Crippen LogP contribution is -2.50. The summed E-state index contributed by atoms with van der Waals surface area (Å²) in [4.78, 5) is 49.4. The molecule has 2 aliphatic rings. The summed E-state index contributed by atoms with van der Waals surface area (Å²) < 4.78 is 6.15. The molecule has 206 valence electrons. The molecule has 39 heavy (non-hydrogen) atoms. The predicted molar refractivity (Wildman–Crippen MR) is 149 cm³/mol. The fourth-order valence-corrected chi connectivity index (χ4v) is 5.51. The summed E-state index contributed by atoms with van der Waals surface area (Å²) in [5.41, 5.74) is 0.994. The molecule has 4 atom stereocenters. The Labute approximate surface area is 234 Å². The van der Waals surface area contributed by atoms with E-state index in [1.54, 1.807) is 30.3 Å². The molecule has 2 aromatic rings. The molecule has 2 fully saturated rings. The monoisotopic (exact) mass is 599 g/mol. The van der Waals surface area contributed by atoms with Crippen LogP contribution < -0.4 is 10.6 Å². The van der Waals surface area contributed by atoms with Crippen molar-refractivity contribution in [3.8, 4) is 0 Å². The average molecular weight is 600 g/mol. The molecule has 2 amide bonds. The third-order valence-electron chi connectivity index (χ3n) is 6.80. The topological polar surface area (TPSA) is 134 Å². The highest BCUT2D eigenvalue weighted by atomic mass is 79.9. The van der Waals surface area contributed by atoms with E-state index in [0.29, 0.717) is 41.7 Å². The highest BCUT2D eigenvalue weighted by Crippen LogP contribution is 2.36. The van der Waals surface area contributed by atoms with Gasteiger partial charge in [0.25, 0.3) is 17.5 Å². The van der Waals surface area contributed by atoms with Crippen LogP contribution in [0.5, 0.6) is 0 Å². The quantitative estimate of drug-likeness (QED) is 0.289. The fourth-order valence-electron chi connectivity index (χ4n) is 5.06. The van der Waals surface area contributed by atoms with E-state index in [1.165, 1.54) is 17.2 Å². The van der Waals surface area contributed by atoms with E-state index in [2.05, 4.69) is 36.4 Å². The van der Waals surface area contributed by atoms with Gasteiger partial charge < -0.3 is 20.3 Å². The minimum absolute atomic E-state index is 0.0949. The molecule has 0 spiro atoms. The summed E-state index contributed by atoms with van der Waals surface area (Å²) in [6.45, 7) is 12.2. The lowest BCUT2D eigenvalue weighted by Gasteiger charge is -2.36. The van der Waals surface area contributed by atoms with Crippen LogP contribution in [0.3, 0.4) is 0 Å². The SMILES string of the molecule is [C-]#[N+][C@H]1CC[C@@H](Nc2c(C(=O)N3C[C@@H](C)O[C@@H](C)C3)cc(Br)cc2[N+](=O)[O-])CN1C(=O)c1cncc(NC)c1. The smallest absolute Gasteiger partial charge is 0.300 e. The second-order valence-corrected chi connectivity index (χ2v) is 10.7. The minimum atomic E-state index is -0.675. The normalized spacial score (nSPS) is 23.1. The Kier molecular flexibility index (Phi) is 8.66. The number of anilines is 2. The maximum atomic E-state index is 13.7. The number of pyridine rings is 1. The van der Waals surface area contributed by atoms with Gasteiger partial charge in [0, 0.05) is 62.1 Å². The van der Waals surface area contributed by atoms with E-state index in [-0.39, 0.29) is 47.5 Å². The Bertz CT molecular complexity index is 1310. The molecular weight excluding hydrogens is 570 g/mol. The number of benzene rings is 1. The Morgan fingerprint density at radius 2 is 1.87 bits per heavy atom. The van der Waals surface area contributed by atoms with Crippen molar-refractivity contribution in [3.05, 3.63) is 67.7 Å². The van der Waals surface area contributed by atoms with Crippen LogP contribution in [0.4, 0.5) is 17.1 Å². The van der Waals surface area contributed by atoms with E-state index < -0.39 is 17.1 Å². The van der Waals surface area contributed by atoms with Crippen molar-refractivity contribution in [1.82, 2.24) is 14.8 Å². The lowest BCUT2D eigenvalue weighted by atomic mass is 10.00. The predicted octanol–water partition coefficient (Wildman–Crippen LogP) is 4.01. The summed E-state index contributed by atoms with van der Waals surface area (Å²) in [6.07, 6.45) is 2.88. The van der Waals surface area contributed by atoms with Gasteiger partial charge >= 0.3 is 6.17 Å². The Morgan fingerprint density at radius 1 is 1.15 bits per heavy atom. The molecule has 0 radical (unpaired) electrons. The van der Waals surface area contributed by atoms with Gasteiger partial charge in [-0.2, -0.15) is 0 Å². The third-order valence-corrected chi connectivity index (χ3v) is 7.26. The Balaban J connectivity index is 1.65. The highest BCUT2D eigenvalue weighted by molar-refractivity contribution is 9.10. The largest absolute Gasteiger partial charge is 0.387 e. The maximum absolute atomic E-state index is 13.7. The second kappa shape index (κ2) is 12.0. The van der Waals surface area contributed by atoms with Gasteiger partial charge in [0.15, 0.2) is 0 Å². The molecule has 12 nitrogen and oxygen atoms in total. The second-order valence-electron chi connectivity index (χ2n) is 9.77. The number of nitro benzene ring substituents is 1. The molecule has 4 rings (SSSR count). The first kappa shape index (κ1) is 28.3. The number of morpholine rings is 1. The maximum Gasteiger partial charge on any atom is 0.300 e. The van der Waals surface area contributed by atoms with Gasteiger partial charge in [0.2, 0.25) is 0 Å². The molecule has 13 heteroatoms. The molecule has 0 unspecified atom stereocenters. The number of ether oxygens (including phenoxy) is 1. The molecule has 2 aliphatic heterocycles. The van der Waals surface area contributed by atoms with Gasteiger partial charge in [-0.05, 0) is 32.4 Å².